The second-order valence-corrected chi connectivity index (χ2v) is 5.90. The van der Waals surface area contributed by atoms with Crippen LogP contribution in [0.4, 0.5) is 17.2 Å². The number of hydrogen-bond donors (Lipinski definition) is 1. The average Bonchev–Trinajstić information content (AvgIpc) is 2.63. The van der Waals surface area contributed by atoms with E-state index in [2.05, 4.69) is 15.2 Å². The van der Waals surface area contributed by atoms with Crippen molar-refractivity contribution in [2.24, 2.45) is 0 Å². The van der Waals surface area contributed by atoms with Crippen molar-refractivity contribution in [3.05, 3.63) is 48.2 Å². The number of morpholine rings is 1. The van der Waals surface area contributed by atoms with Crippen LogP contribution in [0, 0.1) is 0 Å². The lowest BCUT2D eigenvalue weighted by Crippen LogP contribution is -2.36. The number of rotatable bonds is 4. The number of carbonyl (C=O) groups is 1. The van der Waals surface area contributed by atoms with E-state index < -0.39 is 0 Å². The van der Waals surface area contributed by atoms with Crippen molar-refractivity contribution in [2.45, 2.75) is 0 Å². The summed E-state index contributed by atoms with van der Waals surface area (Å²) in [5, 5.41) is 2.88. The van der Waals surface area contributed by atoms with Crippen LogP contribution in [0.5, 0.6) is 0 Å². The molecule has 1 aromatic carbocycles. The van der Waals surface area contributed by atoms with Crippen molar-refractivity contribution in [1.82, 2.24) is 4.98 Å². The van der Waals surface area contributed by atoms with Crippen LogP contribution in [0.25, 0.3) is 0 Å². The Hall–Kier alpha value is -2.60. The van der Waals surface area contributed by atoms with Crippen LogP contribution in [-0.2, 0) is 4.74 Å². The van der Waals surface area contributed by atoms with Crippen LogP contribution in [0.1, 0.15) is 10.4 Å². The third-order valence-corrected chi connectivity index (χ3v) is 3.99. The maximum Gasteiger partial charge on any atom is 0.255 e. The third-order valence-electron chi connectivity index (χ3n) is 3.99. The molecule has 1 fully saturated rings. The highest BCUT2D eigenvalue weighted by Crippen LogP contribution is 2.17. The van der Waals surface area contributed by atoms with E-state index >= 15 is 0 Å². The molecule has 0 spiro atoms. The van der Waals surface area contributed by atoms with Crippen LogP contribution >= 0.6 is 0 Å². The molecule has 6 nitrogen and oxygen atoms in total. The van der Waals surface area contributed by atoms with E-state index in [1.54, 1.807) is 6.20 Å². The van der Waals surface area contributed by atoms with Crippen molar-refractivity contribution in [2.75, 3.05) is 55.5 Å². The van der Waals surface area contributed by atoms with Gasteiger partial charge in [-0.2, -0.15) is 0 Å². The van der Waals surface area contributed by atoms with Crippen molar-refractivity contribution in [3.63, 3.8) is 0 Å². The largest absolute Gasteiger partial charge is 0.378 e. The highest BCUT2D eigenvalue weighted by atomic mass is 16.5. The molecule has 3 rings (SSSR count). The van der Waals surface area contributed by atoms with E-state index in [4.69, 9.17) is 4.74 Å². The molecule has 0 bridgehead atoms. The molecule has 1 N–H and O–H groups in total. The number of carbonyl (C=O) groups excluding carboxylic acids is 1. The Morgan fingerprint density at radius 3 is 2.42 bits per heavy atom. The van der Waals surface area contributed by atoms with Gasteiger partial charge in [0.05, 0.1) is 25.1 Å². The molecular weight excluding hydrogens is 304 g/mol. The van der Waals surface area contributed by atoms with Gasteiger partial charge in [-0.1, -0.05) is 0 Å². The van der Waals surface area contributed by atoms with E-state index in [-0.39, 0.29) is 5.91 Å². The number of aromatic nitrogens is 1. The van der Waals surface area contributed by atoms with Crippen LogP contribution in [0.2, 0.25) is 0 Å². The number of anilines is 3. The maximum absolute atomic E-state index is 12.3. The van der Waals surface area contributed by atoms with Gasteiger partial charge < -0.3 is 19.9 Å². The van der Waals surface area contributed by atoms with Gasteiger partial charge >= 0.3 is 0 Å². The van der Waals surface area contributed by atoms with Gasteiger partial charge in [0.25, 0.3) is 5.91 Å². The molecule has 1 saturated heterocycles. The maximum atomic E-state index is 12.3. The number of nitrogens with zero attached hydrogens (tertiary/aromatic N) is 3. The van der Waals surface area contributed by atoms with Gasteiger partial charge in [0, 0.05) is 38.4 Å². The topological polar surface area (TPSA) is 57.7 Å². The van der Waals surface area contributed by atoms with Gasteiger partial charge in [-0.3, -0.25) is 4.79 Å². The van der Waals surface area contributed by atoms with E-state index in [1.165, 1.54) is 0 Å². The molecule has 126 valence electrons. The van der Waals surface area contributed by atoms with Gasteiger partial charge in [-0.05, 0) is 36.4 Å². The fraction of sp³-hybridized carbons (Fsp3) is 0.333. The lowest BCUT2D eigenvalue weighted by atomic mass is 10.2. The standard InChI is InChI=1S/C18H22N4O2/c1-21(2)16-6-3-14(4-7-16)18(23)20-15-5-8-17(19-13-15)22-9-11-24-12-10-22/h3-8,13H,9-12H2,1-2H3,(H,20,23). The smallest absolute Gasteiger partial charge is 0.255 e. The SMILES string of the molecule is CN(C)c1ccc(C(=O)Nc2ccc(N3CCOCC3)nc2)cc1. The molecule has 0 atom stereocenters. The van der Waals surface area contributed by atoms with E-state index in [9.17, 15) is 4.79 Å². The zero-order chi connectivity index (χ0) is 16.9. The summed E-state index contributed by atoms with van der Waals surface area (Å²) in [5.74, 6) is 0.771. The van der Waals surface area contributed by atoms with Crippen molar-refractivity contribution in [1.29, 1.82) is 0 Å². The summed E-state index contributed by atoms with van der Waals surface area (Å²) in [6, 6.07) is 11.3. The summed E-state index contributed by atoms with van der Waals surface area (Å²) in [6.45, 7) is 3.14. The summed E-state index contributed by atoms with van der Waals surface area (Å²) in [6.07, 6.45) is 1.69. The number of hydrogen-bond acceptors (Lipinski definition) is 5. The van der Waals surface area contributed by atoms with Crippen molar-refractivity contribution in [3.8, 4) is 0 Å². The van der Waals surface area contributed by atoms with Crippen LogP contribution < -0.4 is 15.1 Å². The monoisotopic (exact) mass is 326 g/mol. The van der Waals surface area contributed by atoms with Gasteiger partial charge in [-0.25, -0.2) is 4.98 Å². The van der Waals surface area contributed by atoms with Crippen LogP contribution in [0.15, 0.2) is 42.6 Å². The molecule has 1 aliphatic rings. The van der Waals surface area contributed by atoms with Crippen LogP contribution in [0.3, 0.4) is 0 Å². The molecule has 0 saturated carbocycles. The normalized spacial score (nSPS) is 14.3. The minimum absolute atomic E-state index is 0.138. The first-order valence-corrected chi connectivity index (χ1v) is 8.01. The second-order valence-electron chi connectivity index (χ2n) is 5.90. The van der Waals surface area contributed by atoms with Crippen molar-refractivity contribution < 1.29 is 9.53 Å². The second kappa shape index (κ2) is 7.31. The molecule has 24 heavy (non-hydrogen) atoms. The summed E-state index contributed by atoms with van der Waals surface area (Å²) in [5.41, 5.74) is 2.37. The number of nitrogens with one attached hydrogen (secondary N) is 1. The fourth-order valence-electron chi connectivity index (χ4n) is 2.55. The summed E-state index contributed by atoms with van der Waals surface area (Å²) in [7, 11) is 3.94. The lowest BCUT2D eigenvalue weighted by Gasteiger charge is -2.27. The Labute approximate surface area is 142 Å². The third kappa shape index (κ3) is 3.83. The molecular formula is C18H22N4O2. The number of amides is 1. The number of pyridine rings is 1. The molecule has 6 heteroatoms. The van der Waals surface area contributed by atoms with Gasteiger partial charge in [0.2, 0.25) is 0 Å². The fourth-order valence-corrected chi connectivity index (χ4v) is 2.55. The first kappa shape index (κ1) is 16.3. The predicted octanol–water partition coefficient (Wildman–Crippen LogP) is 2.24. The summed E-state index contributed by atoms with van der Waals surface area (Å²) >= 11 is 0. The first-order chi connectivity index (χ1) is 11.6. The minimum Gasteiger partial charge on any atom is -0.378 e. The van der Waals surface area contributed by atoms with Crippen molar-refractivity contribution >= 4 is 23.1 Å². The summed E-state index contributed by atoms with van der Waals surface area (Å²) in [4.78, 5) is 20.9. The van der Waals surface area contributed by atoms with E-state index in [0.29, 0.717) is 11.3 Å². The Morgan fingerprint density at radius 2 is 1.83 bits per heavy atom. The molecule has 1 aliphatic heterocycles. The zero-order valence-electron chi connectivity index (χ0n) is 14.0. The highest BCUT2D eigenvalue weighted by Gasteiger charge is 2.12. The Kier molecular flexibility index (Phi) is 4.96. The molecule has 0 unspecified atom stereocenters. The molecule has 2 aromatic rings. The quantitative estimate of drug-likeness (QED) is 0.934. The highest BCUT2D eigenvalue weighted by molar-refractivity contribution is 6.04. The molecule has 0 aliphatic carbocycles. The minimum atomic E-state index is -0.138. The van der Waals surface area contributed by atoms with Gasteiger partial charge in [0.15, 0.2) is 0 Å². The Bertz CT molecular complexity index is 677. The zero-order valence-corrected chi connectivity index (χ0v) is 14.0. The van der Waals surface area contributed by atoms with Crippen LogP contribution in [-0.4, -0.2) is 51.3 Å². The van der Waals surface area contributed by atoms with E-state index in [0.717, 1.165) is 37.8 Å². The molecule has 1 amide bonds. The van der Waals surface area contributed by atoms with Gasteiger partial charge in [0.1, 0.15) is 5.82 Å². The first-order valence-electron chi connectivity index (χ1n) is 8.01. The molecule has 2 heterocycles. The summed E-state index contributed by atoms with van der Waals surface area (Å²) < 4.78 is 5.34. The molecule has 0 radical (unpaired) electrons. The molecule has 1 aromatic heterocycles. The Balaban J connectivity index is 1.63. The number of benzene rings is 1. The predicted molar refractivity (Wildman–Crippen MR) is 96.0 cm³/mol. The Morgan fingerprint density at radius 1 is 1.12 bits per heavy atom. The average molecular weight is 326 g/mol. The number of ether oxygens (including phenoxy) is 1. The van der Waals surface area contributed by atoms with Gasteiger partial charge in [-0.15, -0.1) is 0 Å². The van der Waals surface area contributed by atoms with E-state index in [1.807, 2.05) is 55.4 Å². The lowest BCUT2D eigenvalue weighted by molar-refractivity contribution is 0.102.